The maximum Gasteiger partial charge on any atom is 0.270 e. The molecule has 2 N–H and O–H groups in total. The zero-order valence-electron chi connectivity index (χ0n) is 16.7. The number of anilines is 1. The molecule has 0 aliphatic carbocycles. The minimum Gasteiger partial charge on any atom is -0.454 e. The Bertz CT molecular complexity index is 1000. The van der Waals surface area contributed by atoms with Gasteiger partial charge in [-0.2, -0.15) is 0 Å². The summed E-state index contributed by atoms with van der Waals surface area (Å²) in [7, 11) is 0. The van der Waals surface area contributed by atoms with Gasteiger partial charge in [0.25, 0.3) is 11.6 Å². The number of fused-ring (bicyclic) bond motifs is 1. The van der Waals surface area contributed by atoms with Crippen LogP contribution in [0.5, 0.6) is 11.5 Å². The zero-order valence-corrected chi connectivity index (χ0v) is 16.7. The molecule has 0 unspecified atom stereocenters. The standard InChI is InChI=1S/C21H22N4O6/c26-12-24-7-5-15(6-8-24)23-18-3-2-16(25(28)29)10-17(18)21(27)22-11-14-1-4-19-20(9-14)31-13-30-19/h1-4,9-10,12,15,23H,5-8,11,13H2,(H,22,27). The lowest BCUT2D eigenvalue weighted by Crippen LogP contribution is -2.38. The highest BCUT2D eigenvalue weighted by Gasteiger charge is 2.22. The molecule has 4 rings (SSSR count). The SMILES string of the molecule is O=CN1CCC(Nc2ccc([N+](=O)[O-])cc2C(=O)NCc2ccc3c(c2)OCO3)CC1. The molecule has 0 bridgehead atoms. The van der Waals surface area contributed by atoms with Gasteiger partial charge in [0.05, 0.1) is 10.5 Å². The zero-order chi connectivity index (χ0) is 21.8. The fraction of sp³-hybridized carbons (Fsp3) is 0.333. The van der Waals surface area contributed by atoms with Gasteiger partial charge >= 0.3 is 0 Å². The molecule has 0 atom stereocenters. The largest absolute Gasteiger partial charge is 0.454 e. The molecule has 0 spiro atoms. The summed E-state index contributed by atoms with van der Waals surface area (Å²) in [5, 5.41) is 17.3. The number of rotatable bonds is 7. The summed E-state index contributed by atoms with van der Waals surface area (Å²) >= 11 is 0. The Morgan fingerprint density at radius 2 is 1.94 bits per heavy atom. The van der Waals surface area contributed by atoms with E-state index >= 15 is 0 Å². The molecule has 2 aromatic carbocycles. The van der Waals surface area contributed by atoms with Crippen LogP contribution in [-0.4, -0.2) is 48.1 Å². The second-order valence-electron chi connectivity index (χ2n) is 7.42. The third-order valence-corrected chi connectivity index (χ3v) is 5.39. The lowest BCUT2D eigenvalue weighted by Gasteiger charge is -2.30. The Balaban J connectivity index is 1.48. The highest BCUT2D eigenvalue weighted by atomic mass is 16.7. The van der Waals surface area contributed by atoms with Crippen LogP contribution < -0.4 is 20.1 Å². The molecule has 0 radical (unpaired) electrons. The lowest BCUT2D eigenvalue weighted by atomic mass is 10.0. The van der Waals surface area contributed by atoms with E-state index in [0.717, 1.165) is 24.8 Å². The van der Waals surface area contributed by atoms with Gasteiger partial charge in [-0.15, -0.1) is 0 Å². The number of nitro benzene ring substituents is 1. The van der Waals surface area contributed by atoms with Crippen molar-refractivity contribution in [1.29, 1.82) is 0 Å². The highest BCUT2D eigenvalue weighted by molar-refractivity contribution is 6.00. The summed E-state index contributed by atoms with van der Waals surface area (Å²) in [4.78, 5) is 36.2. The van der Waals surface area contributed by atoms with Crippen molar-refractivity contribution in [2.45, 2.75) is 25.4 Å². The maximum absolute atomic E-state index is 12.9. The average Bonchev–Trinajstić information content (AvgIpc) is 3.26. The van der Waals surface area contributed by atoms with Crippen LogP contribution in [0.4, 0.5) is 11.4 Å². The number of ether oxygens (including phenoxy) is 2. The highest BCUT2D eigenvalue weighted by Crippen LogP contribution is 2.32. The topological polar surface area (TPSA) is 123 Å². The molecule has 1 fully saturated rings. The maximum atomic E-state index is 12.9. The van der Waals surface area contributed by atoms with Gasteiger partial charge in [0.1, 0.15) is 0 Å². The summed E-state index contributed by atoms with van der Waals surface area (Å²) in [5.74, 6) is 0.848. The fourth-order valence-corrected chi connectivity index (χ4v) is 3.66. The van der Waals surface area contributed by atoms with E-state index in [-0.39, 0.29) is 30.6 Å². The van der Waals surface area contributed by atoms with Crippen molar-refractivity contribution in [2.75, 3.05) is 25.2 Å². The molecule has 2 heterocycles. The number of likely N-dealkylation sites (tertiary alicyclic amines) is 1. The van der Waals surface area contributed by atoms with Gasteiger partial charge < -0.3 is 25.0 Å². The molecule has 2 aliphatic heterocycles. The van der Waals surface area contributed by atoms with Crippen LogP contribution in [0.1, 0.15) is 28.8 Å². The Morgan fingerprint density at radius 3 is 2.68 bits per heavy atom. The van der Waals surface area contributed by atoms with Crippen LogP contribution in [-0.2, 0) is 11.3 Å². The van der Waals surface area contributed by atoms with Gasteiger partial charge in [-0.3, -0.25) is 19.7 Å². The second-order valence-corrected chi connectivity index (χ2v) is 7.42. The Morgan fingerprint density at radius 1 is 1.16 bits per heavy atom. The summed E-state index contributed by atoms with van der Waals surface area (Å²) in [6.45, 7) is 1.65. The summed E-state index contributed by atoms with van der Waals surface area (Å²) < 4.78 is 10.6. The van der Waals surface area contributed by atoms with Gasteiger partial charge in [0.15, 0.2) is 11.5 Å². The number of nitro groups is 1. The van der Waals surface area contributed by atoms with Crippen LogP contribution in [0.15, 0.2) is 36.4 Å². The molecule has 0 aromatic heterocycles. The lowest BCUT2D eigenvalue weighted by molar-refractivity contribution is -0.384. The minimum atomic E-state index is -0.527. The number of amides is 2. The molecular weight excluding hydrogens is 404 g/mol. The molecule has 1 saturated heterocycles. The van der Waals surface area contributed by atoms with Gasteiger partial charge in [0, 0.05) is 43.5 Å². The first-order valence-electron chi connectivity index (χ1n) is 9.94. The van der Waals surface area contributed by atoms with E-state index < -0.39 is 10.8 Å². The molecule has 10 heteroatoms. The summed E-state index contributed by atoms with van der Waals surface area (Å²) in [6, 6.07) is 9.65. The van der Waals surface area contributed by atoms with Crippen molar-refractivity contribution in [1.82, 2.24) is 10.2 Å². The number of benzene rings is 2. The number of piperidine rings is 1. The van der Waals surface area contributed by atoms with Crippen LogP contribution in [0, 0.1) is 10.1 Å². The molecule has 2 aliphatic rings. The number of nitrogens with one attached hydrogen (secondary N) is 2. The van der Waals surface area contributed by atoms with E-state index in [0.29, 0.717) is 30.3 Å². The van der Waals surface area contributed by atoms with E-state index in [1.54, 1.807) is 23.1 Å². The third-order valence-electron chi connectivity index (χ3n) is 5.39. The minimum absolute atomic E-state index is 0.0677. The molecule has 162 valence electrons. The predicted molar refractivity (Wildman–Crippen MR) is 111 cm³/mol. The first-order valence-corrected chi connectivity index (χ1v) is 9.94. The van der Waals surface area contributed by atoms with E-state index in [9.17, 15) is 19.7 Å². The van der Waals surface area contributed by atoms with Crippen LogP contribution in [0.3, 0.4) is 0 Å². The van der Waals surface area contributed by atoms with Crippen molar-refractivity contribution >= 4 is 23.7 Å². The second kappa shape index (κ2) is 8.90. The smallest absolute Gasteiger partial charge is 0.270 e. The van der Waals surface area contributed by atoms with Crippen molar-refractivity contribution in [3.63, 3.8) is 0 Å². The summed E-state index contributed by atoms with van der Waals surface area (Å²) in [6.07, 6.45) is 2.29. The van der Waals surface area contributed by atoms with Crippen molar-refractivity contribution in [3.8, 4) is 11.5 Å². The molecule has 2 amide bonds. The predicted octanol–water partition coefficient (Wildman–Crippen LogP) is 2.29. The van der Waals surface area contributed by atoms with Crippen LogP contribution >= 0.6 is 0 Å². The number of nitrogens with zero attached hydrogens (tertiary/aromatic N) is 2. The Kier molecular flexibility index (Phi) is 5.87. The van der Waals surface area contributed by atoms with Crippen LogP contribution in [0.25, 0.3) is 0 Å². The van der Waals surface area contributed by atoms with Gasteiger partial charge in [-0.25, -0.2) is 0 Å². The van der Waals surface area contributed by atoms with Crippen molar-refractivity contribution < 1.29 is 24.0 Å². The quantitative estimate of drug-likeness (QED) is 0.396. The molecule has 10 nitrogen and oxygen atoms in total. The fourth-order valence-electron chi connectivity index (χ4n) is 3.66. The van der Waals surface area contributed by atoms with E-state index in [1.807, 2.05) is 6.07 Å². The molecule has 0 saturated carbocycles. The van der Waals surface area contributed by atoms with Gasteiger partial charge in [-0.05, 0) is 36.6 Å². The number of carbonyl (C=O) groups is 2. The number of hydrogen-bond donors (Lipinski definition) is 2. The van der Waals surface area contributed by atoms with Crippen molar-refractivity contribution in [2.24, 2.45) is 0 Å². The molecular formula is C21H22N4O6. The van der Waals surface area contributed by atoms with Gasteiger partial charge in [-0.1, -0.05) is 6.07 Å². The third kappa shape index (κ3) is 4.68. The number of non-ortho nitro benzene ring substituents is 1. The first-order chi connectivity index (χ1) is 15.0. The number of hydrogen-bond acceptors (Lipinski definition) is 7. The van der Waals surface area contributed by atoms with E-state index in [4.69, 9.17) is 9.47 Å². The Labute approximate surface area is 178 Å². The van der Waals surface area contributed by atoms with Gasteiger partial charge in [0.2, 0.25) is 13.2 Å². The average molecular weight is 426 g/mol. The normalized spacial score (nSPS) is 15.4. The van der Waals surface area contributed by atoms with E-state index in [2.05, 4.69) is 10.6 Å². The Hall–Kier alpha value is -3.82. The monoisotopic (exact) mass is 426 g/mol. The molecule has 2 aromatic rings. The van der Waals surface area contributed by atoms with E-state index in [1.165, 1.54) is 12.1 Å². The van der Waals surface area contributed by atoms with Crippen molar-refractivity contribution in [3.05, 3.63) is 57.6 Å². The van der Waals surface area contributed by atoms with Crippen LogP contribution in [0.2, 0.25) is 0 Å². The summed E-state index contributed by atoms with van der Waals surface area (Å²) in [5.41, 5.74) is 1.39. The molecule has 31 heavy (non-hydrogen) atoms. The number of carbonyl (C=O) groups excluding carboxylic acids is 2. The first kappa shape index (κ1) is 20.5.